The van der Waals surface area contributed by atoms with E-state index in [1.165, 1.54) is 11.3 Å². The molecule has 1 aromatic rings. The summed E-state index contributed by atoms with van der Waals surface area (Å²) in [5.74, 6) is -1.08. The van der Waals surface area contributed by atoms with Crippen LogP contribution in [-0.4, -0.2) is 37.4 Å². The average molecular weight is 272 g/mol. The summed E-state index contributed by atoms with van der Waals surface area (Å²) in [6, 6.07) is 1.92. The Morgan fingerprint density at radius 3 is 2.89 bits per heavy atom. The third kappa shape index (κ3) is 4.72. The number of amides is 2. The molecule has 7 heteroatoms. The predicted octanol–water partition coefficient (Wildman–Crippen LogP) is 1.21. The molecule has 0 saturated carbocycles. The normalized spacial score (nSPS) is 11.8. The molecule has 18 heavy (non-hydrogen) atoms. The van der Waals surface area contributed by atoms with Gasteiger partial charge in [0, 0.05) is 25.1 Å². The molecular weight excluding hydrogens is 256 g/mol. The number of methoxy groups -OCH3 is 1. The minimum atomic E-state index is -1.08. The number of urea groups is 1. The topological polar surface area (TPSA) is 87.7 Å². The van der Waals surface area contributed by atoms with Crippen molar-refractivity contribution in [2.45, 2.75) is 12.5 Å². The first-order chi connectivity index (χ1) is 8.65. The lowest BCUT2D eigenvalue weighted by Gasteiger charge is -2.13. The Labute approximate surface area is 109 Å². The quantitative estimate of drug-likeness (QED) is 0.651. The number of ether oxygens (including phenoxy) is 1. The first-order valence-corrected chi connectivity index (χ1v) is 6.32. The Morgan fingerprint density at radius 2 is 2.33 bits per heavy atom. The van der Waals surface area contributed by atoms with Gasteiger partial charge in [0.1, 0.15) is 0 Å². The zero-order chi connectivity index (χ0) is 13.4. The summed E-state index contributed by atoms with van der Waals surface area (Å²) >= 11 is 1.29. The smallest absolute Gasteiger partial charge is 0.331 e. The van der Waals surface area contributed by atoms with Crippen LogP contribution in [0.1, 0.15) is 17.3 Å². The Morgan fingerprint density at radius 1 is 1.56 bits per heavy atom. The van der Waals surface area contributed by atoms with Gasteiger partial charge in [0.2, 0.25) is 0 Å². The second kappa shape index (κ2) is 7.67. The van der Waals surface area contributed by atoms with Gasteiger partial charge >= 0.3 is 12.0 Å². The van der Waals surface area contributed by atoms with Crippen LogP contribution < -0.4 is 10.6 Å². The SMILES string of the molecule is COCCCNC(=O)NC(C(=O)O)c1cccs1. The number of hydrogen-bond acceptors (Lipinski definition) is 4. The van der Waals surface area contributed by atoms with Crippen LogP contribution >= 0.6 is 11.3 Å². The third-order valence-corrected chi connectivity index (χ3v) is 3.10. The van der Waals surface area contributed by atoms with Crippen molar-refractivity contribution in [1.82, 2.24) is 10.6 Å². The molecule has 0 aliphatic rings. The fraction of sp³-hybridized carbons (Fsp3) is 0.455. The van der Waals surface area contributed by atoms with Crippen LogP contribution in [0.3, 0.4) is 0 Å². The summed E-state index contributed by atoms with van der Waals surface area (Å²) in [7, 11) is 1.58. The number of aliphatic carboxylic acids is 1. The molecule has 1 rings (SSSR count). The van der Waals surface area contributed by atoms with E-state index in [1.807, 2.05) is 0 Å². The highest BCUT2D eigenvalue weighted by Crippen LogP contribution is 2.18. The zero-order valence-corrected chi connectivity index (χ0v) is 10.8. The highest BCUT2D eigenvalue weighted by Gasteiger charge is 2.22. The number of carboxylic acid groups (broad SMARTS) is 1. The maximum Gasteiger partial charge on any atom is 0.331 e. The number of thiophene rings is 1. The van der Waals surface area contributed by atoms with Crippen LogP contribution in [0.4, 0.5) is 4.79 Å². The average Bonchev–Trinajstić information content (AvgIpc) is 2.85. The number of hydrogen-bond donors (Lipinski definition) is 3. The second-order valence-corrected chi connectivity index (χ2v) is 4.51. The van der Waals surface area contributed by atoms with Crippen LogP contribution in [0.15, 0.2) is 17.5 Å². The molecule has 0 saturated heterocycles. The summed E-state index contributed by atoms with van der Waals surface area (Å²) in [6.07, 6.45) is 0.681. The minimum Gasteiger partial charge on any atom is -0.479 e. The van der Waals surface area contributed by atoms with Gasteiger partial charge < -0.3 is 20.5 Å². The lowest BCUT2D eigenvalue weighted by atomic mass is 10.2. The van der Waals surface area contributed by atoms with E-state index in [4.69, 9.17) is 9.84 Å². The third-order valence-electron chi connectivity index (χ3n) is 2.16. The molecule has 1 heterocycles. The Kier molecular flexibility index (Phi) is 6.16. The molecule has 100 valence electrons. The summed E-state index contributed by atoms with van der Waals surface area (Å²) in [5.41, 5.74) is 0. The van der Waals surface area contributed by atoms with E-state index in [1.54, 1.807) is 24.6 Å². The Balaban J connectivity index is 2.42. The lowest BCUT2D eigenvalue weighted by molar-refractivity contribution is -0.139. The molecule has 1 atom stereocenters. The second-order valence-electron chi connectivity index (χ2n) is 3.53. The molecule has 0 radical (unpaired) electrons. The van der Waals surface area contributed by atoms with Crippen molar-refractivity contribution in [2.24, 2.45) is 0 Å². The minimum absolute atomic E-state index is 0.441. The summed E-state index contributed by atoms with van der Waals surface area (Å²) in [4.78, 5) is 23.1. The number of carbonyl (C=O) groups excluding carboxylic acids is 1. The van der Waals surface area contributed by atoms with Gasteiger partial charge in [-0.2, -0.15) is 0 Å². The van der Waals surface area contributed by atoms with E-state index >= 15 is 0 Å². The van der Waals surface area contributed by atoms with Crippen LogP contribution in [0.2, 0.25) is 0 Å². The standard InChI is InChI=1S/C11H16N2O4S/c1-17-6-3-5-12-11(16)13-9(10(14)15)8-4-2-7-18-8/h2,4,7,9H,3,5-6H2,1H3,(H,14,15)(H2,12,13,16). The van der Waals surface area contributed by atoms with E-state index in [9.17, 15) is 9.59 Å². The van der Waals surface area contributed by atoms with Crippen molar-refractivity contribution in [1.29, 1.82) is 0 Å². The molecule has 3 N–H and O–H groups in total. The monoisotopic (exact) mass is 272 g/mol. The van der Waals surface area contributed by atoms with Gasteiger partial charge in [-0.05, 0) is 17.9 Å². The predicted molar refractivity (Wildman–Crippen MR) is 67.7 cm³/mol. The van der Waals surface area contributed by atoms with Crippen molar-refractivity contribution >= 4 is 23.3 Å². The van der Waals surface area contributed by atoms with E-state index in [0.717, 1.165) is 0 Å². The molecule has 2 amide bonds. The molecule has 0 fully saturated rings. The van der Waals surface area contributed by atoms with Gasteiger partial charge in [0.15, 0.2) is 6.04 Å². The zero-order valence-electron chi connectivity index (χ0n) is 10.0. The van der Waals surface area contributed by atoms with E-state index in [2.05, 4.69) is 10.6 Å². The van der Waals surface area contributed by atoms with Crippen molar-refractivity contribution in [2.75, 3.05) is 20.3 Å². The Bertz CT molecular complexity index is 380. The first-order valence-electron chi connectivity index (χ1n) is 5.44. The van der Waals surface area contributed by atoms with Crippen molar-refractivity contribution in [3.8, 4) is 0 Å². The molecular formula is C11H16N2O4S. The fourth-order valence-corrected chi connectivity index (χ4v) is 2.08. The first kappa shape index (κ1) is 14.5. The molecule has 1 aromatic heterocycles. The van der Waals surface area contributed by atoms with Crippen LogP contribution in [0.25, 0.3) is 0 Å². The van der Waals surface area contributed by atoms with Crippen LogP contribution in [0.5, 0.6) is 0 Å². The van der Waals surface area contributed by atoms with Gasteiger partial charge in [-0.15, -0.1) is 11.3 Å². The summed E-state index contributed by atoms with van der Waals surface area (Å²) < 4.78 is 4.84. The number of carbonyl (C=O) groups is 2. The summed E-state index contributed by atoms with van der Waals surface area (Å²) in [6.45, 7) is 0.990. The van der Waals surface area contributed by atoms with Gasteiger partial charge in [0.05, 0.1) is 0 Å². The molecule has 0 bridgehead atoms. The molecule has 1 unspecified atom stereocenters. The van der Waals surface area contributed by atoms with Gasteiger partial charge in [0.25, 0.3) is 0 Å². The van der Waals surface area contributed by atoms with Gasteiger partial charge in [-0.1, -0.05) is 6.07 Å². The summed E-state index contributed by atoms with van der Waals surface area (Å²) in [5, 5.41) is 15.8. The van der Waals surface area contributed by atoms with E-state index in [-0.39, 0.29) is 0 Å². The fourth-order valence-electron chi connectivity index (χ4n) is 1.31. The number of rotatable bonds is 7. The van der Waals surface area contributed by atoms with Crippen molar-refractivity contribution in [3.63, 3.8) is 0 Å². The number of nitrogens with one attached hydrogen (secondary N) is 2. The lowest BCUT2D eigenvalue weighted by Crippen LogP contribution is -2.41. The van der Waals surface area contributed by atoms with E-state index < -0.39 is 18.0 Å². The molecule has 0 aliphatic heterocycles. The highest BCUT2D eigenvalue weighted by molar-refractivity contribution is 7.10. The molecule has 6 nitrogen and oxygen atoms in total. The van der Waals surface area contributed by atoms with Crippen LogP contribution in [-0.2, 0) is 9.53 Å². The Hall–Kier alpha value is -1.60. The highest BCUT2D eigenvalue weighted by atomic mass is 32.1. The largest absolute Gasteiger partial charge is 0.479 e. The maximum absolute atomic E-state index is 11.5. The molecule has 0 spiro atoms. The van der Waals surface area contributed by atoms with Crippen molar-refractivity contribution < 1.29 is 19.4 Å². The van der Waals surface area contributed by atoms with E-state index in [0.29, 0.717) is 24.4 Å². The van der Waals surface area contributed by atoms with Crippen LogP contribution in [0, 0.1) is 0 Å². The van der Waals surface area contributed by atoms with Gasteiger partial charge in [-0.3, -0.25) is 0 Å². The van der Waals surface area contributed by atoms with Crippen molar-refractivity contribution in [3.05, 3.63) is 22.4 Å². The number of carboxylic acids is 1. The van der Waals surface area contributed by atoms with Gasteiger partial charge in [-0.25, -0.2) is 9.59 Å². The molecule has 0 aliphatic carbocycles. The molecule has 0 aromatic carbocycles. The maximum atomic E-state index is 11.5.